The third kappa shape index (κ3) is 3.69. The molecule has 0 aliphatic carbocycles. The summed E-state index contributed by atoms with van der Waals surface area (Å²) in [6, 6.07) is 0. The van der Waals surface area contributed by atoms with E-state index in [1.165, 1.54) is 6.42 Å². The Kier molecular flexibility index (Phi) is 4.67. The minimum atomic E-state index is -0.260. The molecule has 0 amide bonds. The maximum absolute atomic E-state index is 9.40. The Morgan fingerprint density at radius 2 is 2.36 bits per heavy atom. The molecule has 1 fully saturated rings. The van der Waals surface area contributed by atoms with Gasteiger partial charge in [-0.3, -0.25) is 0 Å². The maximum atomic E-state index is 9.40. The molecular weight excluding hydrogens is 180 g/mol. The Labute approximate surface area is 74.7 Å². The lowest BCUT2D eigenvalue weighted by Crippen LogP contribution is -2.20. The zero-order valence-corrected chi connectivity index (χ0v) is 8.28. The van der Waals surface area contributed by atoms with Gasteiger partial charge in [-0.2, -0.15) is 11.8 Å². The Morgan fingerprint density at radius 1 is 1.55 bits per heavy atom. The standard InChI is InChI=1S/C7H16O2S2/c8-6-11-3-1-2-10-4-7(9)5-11/h7-9,11H,1-6H2. The highest BCUT2D eigenvalue weighted by Crippen LogP contribution is 2.29. The molecule has 1 heterocycles. The van der Waals surface area contributed by atoms with Crippen molar-refractivity contribution in [3.63, 3.8) is 0 Å². The monoisotopic (exact) mass is 196 g/mol. The highest BCUT2D eigenvalue weighted by Gasteiger charge is 2.13. The molecule has 2 atom stereocenters. The first-order valence-corrected chi connectivity index (χ1v) is 6.97. The SMILES string of the molecule is OC[SH]1CCCSCC(O)C1. The largest absolute Gasteiger partial charge is 0.391 e. The molecule has 11 heavy (non-hydrogen) atoms. The van der Waals surface area contributed by atoms with E-state index in [2.05, 4.69) is 0 Å². The number of aliphatic hydroxyl groups excluding tert-OH is 2. The van der Waals surface area contributed by atoms with Crippen LogP contribution in [-0.4, -0.2) is 45.3 Å². The van der Waals surface area contributed by atoms with Crippen molar-refractivity contribution >= 4 is 22.7 Å². The molecule has 0 spiro atoms. The van der Waals surface area contributed by atoms with Crippen molar-refractivity contribution in [3.8, 4) is 0 Å². The Hall–Kier alpha value is 0.620. The minimum absolute atomic E-state index is 0.168. The van der Waals surface area contributed by atoms with Crippen molar-refractivity contribution in [1.82, 2.24) is 0 Å². The molecule has 1 aliphatic rings. The van der Waals surface area contributed by atoms with Gasteiger partial charge >= 0.3 is 0 Å². The van der Waals surface area contributed by atoms with Crippen LogP contribution in [0.25, 0.3) is 0 Å². The second-order valence-electron chi connectivity index (χ2n) is 2.80. The van der Waals surface area contributed by atoms with Crippen LogP contribution in [0.2, 0.25) is 0 Å². The van der Waals surface area contributed by atoms with E-state index in [4.69, 9.17) is 5.11 Å². The zero-order chi connectivity index (χ0) is 8.10. The molecule has 0 aromatic carbocycles. The molecule has 68 valence electrons. The van der Waals surface area contributed by atoms with Crippen LogP contribution >= 0.6 is 22.7 Å². The topological polar surface area (TPSA) is 40.5 Å². The first-order chi connectivity index (χ1) is 5.33. The molecule has 2 N–H and O–H groups in total. The second kappa shape index (κ2) is 5.30. The van der Waals surface area contributed by atoms with Gasteiger partial charge in [-0.05, 0) is 17.9 Å². The summed E-state index contributed by atoms with van der Waals surface area (Å²) in [5.41, 5.74) is 0. The minimum Gasteiger partial charge on any atom is -0.391 e. The van der Waals surface area contributed by atoms with Crippen molar-refractivity contribution in [2.75, 3.05) is 29.0 Å². The fourth-order valence-electron chi connectivity index (χ4n) is 1.18. The molecule has 1 saturated heterocycles. The second-order valence-corrected chi connectivity index (χ2v) is 6.39. The summed E-state index contributed by atoms with van der Waals surface area (Å²) in [4.78, 5) is 0. The van der Waals surface area contributed by atoms with E-state index in [0.29, 0.717) is 5.94 Å². The van der Waals surface area contributed by atoms with Gasteiger partial charge in [0.1, 0.15) is 0 Å². The summed E-state index contributed by atoms with van der Waals surface area (Å²) in [6.45, 7) is 0. The van der Waals surface area contributed by atoms with Gasteiger partial charge in [0.15, 0.2) is 0 Å². The summed E-state index contributed by atoms with van der Waals surface area (Å²) < 4.78 is 0. The van der Waals surface area contributed by atoms with Crippen molar-refractivity contribution in [2.45, 2.75) is 12.5 Å². The fourth-order valence-corrected chi connectivity index (χ4v) is 4.24. The molecule has 0 aromatic heterocycles. The first-order valence-electron chi connectivity index (χ1n) is 3.92. The number of aliphatic hydroxyl groups is 2. The lowest BCUT2D eigenvalue weighted by molar-refractivity contribution is 0.223. The predicted molar refractivity (Wildman–Crippen MR) is 53.8 cm³/mol. The predicted octanol–water partition coefficient (Wildman–Crippen LogP) is 0.435. The highest BCUT2D eigenvalue weighted by atomic mass is 32.2. The lowest BCUT2D eigenvalue weighted by Gasteiger charge is -2.24. The van der Waals surface area contributed by atoms with E-state index in [1.807, 2.05) is 11.8 Å². The van der Waals surface area contributed by atoms with Gasteiger partial charge in [-0.1, -0.05) is 0 Å². The van der Waals surface area contributed by atoms with Crippen LogP contribution in [-0.2, 0) is 0 Å². The maximum Gasteiger partial charge on any atom is 0.0712 e. The molecule has 1 aliphatic heterocycles. The van der Waals surface area contributed by atoms with E-state index in [-0.39, 0.29) is 17.0 Å². The molecule has 0 saturated carbocycles. The van der Waals surface area contributed by atoms with E-state index in [9.17, 15) is 5.11 Å². The summed E-state index contributed by atoms with van der Waals surface area (Å²) in [7, 11) is -0.260. The third-order valence-electron chi connectivity index (χ3n) is 1.74. The van der Waals surface area contributed by atoms with Gasteiger partial charge in [0.2, 0.25) is 0 Å². The highest BCUT2D eigenvalue weighted by molar-refractivity contribution is 8.17. The normalized spacial score (nSPS) is 37.6. The van der Waals surface area contributed by atoms with Gasteiger partial charge in [-0.25, -0.2) is 10.9 Å². The Balaban J connectivity index is 2.29. The van der Waals surface area contributed by atoms with Crippen molar-refractivity contribution < 1.29 is 10.2 Å². The van der Waals surface area contributed by atoms with Gasteiger partial charge < -0.3 is 10.2 Å². The smallest absolute Gasteiger partial charge is 0.0712 e. The quantitative estimate of drug-likeness (QED) is 0.533. The number of thiol groups is 1. The number of thioether (sulfide) groups is 1. The van der Waals surface area contributed by atoms with Gasteiger partial charge in [0.05, 0.1) is 12.0 Å². The van der Waals surface area contributed by atoms with E-state index in [1.54, 1.807) is 0 Å². The van der Waals surface area contributed by atoms with Crippen molar-refractivity contribution in [1.29, 1.82) is 0 Å². The first kappa shape index (κ1) is 9.71. The summed E-state index contributed by atoms with van der Waals surface area (Å²) >= 11 is 1.83. The molecule has 1 rings (SSSR count). The molecule has 0 aromatic rings. The summed E-state index contributed by atoms with van der Waals surface area (Å²) in [5, 5.41) is 18.3. The zero-order valence-electron chi connectivity index (χ0n) is 6.57. The van der Waals surface area contributed by atoms with Crippen LogP contribution in [0.15, 0.2) is 0 Å². The van der Waals surface area contributed by atoms with Crippen LogP contribution < -0.4 is 0 Å². The molecule has 2 nitrogen and oxygen atoms in total. The third-order valence-corrected chi connectivity index (χ3v) is 5.23. The van der Waals surface area contributed by atoms with E-state index in [0.717, 1.165) is 23.0 Å². The van der Waals surface area contributed by atoms with Gasteiger partial charge in [0.25, 0.3) is 0 Å². The average Bonchev–Trinajstić information content (AvgIpc) is 1.96. The van der Waals surface area contributed by atoms with Crippen LogP contribution in [0.1, 0.15) is 6.42 Å². The van der Waals surface area contributed by atoms with Crippen LogP contribution in [0, 0.1) is 0 Å². The number of hydrogen-bond donors (Lipinski definition) is 3. The lowest BCUT2D eigenvalue weighted by atomic mass is 10.5. The molecular formula is C7H16O2S2. The molecule has 0 radical (unpaired) electrons. The summed E-state index contributed by atoms with van der Waals surface area (Å²) in [6.07, 6.45) is 1.04. The molecule has 2 unspecified atom stereocenters. The Bertz CT molecular complexity index is 111. The Morgan fingerprint density at radius 3 is 3.09 bits per heavy atom. The fraction of sp³-hybridized carbons (Fsp3) is 1.00. The van der Waals surface area contributed by atoms with Crippen molar-refractivity contribution in [2.24, 2.45) is 0 Å². The van der Waals surface area contributed by atoms with E-state index < -0.39 is 0 Å². The van der Waals surface area contributed by atoms with Crippen LogP contribution in [0.3, 0.4) is 0 Å². The van der Waals surface area contributed by atoms with Crippen molar-refractivity contribution in [3.05, 3.63) is 0 Å². The van der Waals surface area contributed by atoms with Gasteiger partial charge in [0, 0.05) is 11.5 Å². The molecule has 0 bridgehead atoms. The number of hydrogen-bond acceptors (Lipinski definition) is 3. The molecule has 4 heteroatoms. The van der Waals surface area contributed by atoms with Crippen LogP contribution in [0.5, 0.6) is 0 Å². The average molecular weight is 196 g/mol. The van der Waals surface area contributed by atoms with Gasteiger partial charge in [-0.15, -0.1) is 0 Å². The summed E-state index contributed by atoms with van der Waals surface area (Å²) in [5.74, 6) is 4.29. The van der Waals surface area contributed by atoms with E-state index >= 15 is 0 Å². The van der Waals surface area contributed by atoms with Crippen LogP contribution in [0.4, 0.5) is 0 Å². The number of rotatable bonds is 1.